The average Bonchev–Trinajstić information content (AvgIpc) is 2.64. The van der Waals surface area contributed by atoms with Gasteiger partial charge in [-0.25, -0.2) is 8.42 Å². The number of fused-ring (bicyclic) bond motifs is 1. The molecule has 1 aliphatic rings. The molecule has 0 fully saturated rings. The number of ether oxygens (including phenoxy) is 2. The van der Waals surface area contributed by atoms with Gasteiger partial charge in [0, 0.05) is 10.0 Å². The predicted octanol–water partition coefficient (Wildman–Crippen LogP) is 3.10. The molecule has 0 radical (unpaired) electrons. The van der Waals surface area contributed by atoms with E-state index in [4.69, 9.17) is 32.7 Å². The minimum absolute atomic E-state index is 0.158. The van der Waals surface area contributed by atoms with Crippen LogP contribution in [0.25, 0.3) is 0 Å². The lowest BCUT2D eigenvalue weighted by atomic mass is 10.2. The molecule has 0 aromatic heterocycles. The molecule has 0 bridgehead atoms. The van der Waals surface area contributed by atoms with Crippen LogP contribution in [0.1, 0.15) is 6.92 Å². The van der Waals surface area contributed by atoms with Gasteiger partial charge >= 0.3 is 0 Å². The van der Waals surface area contributed by atoms with Gasteiger partial charge in [-0.1, -0.05) is 35.3 Å². The van der Waals surface area contributed by atoms with E-state index in [1.165, 1.54) is 25.1 Å². The van der Waals surface area contributed by atoms with Gasteiger partial charge in [0.05, 0.1) is 18.5 Å². The summed E-state index contributed by atoms with van der Waals surface area (Å²) in [5, 5.41) is 3.25. The first-order valence-electron chi connectivity index (χ1n) is 8.77. The number of nitrogens with zero attached hydrogens (tertiary/aromatic N) is 1. The number of carbonyl (C=O) groups excluding carboxylic acids is 1. The van der Waals surface area contributed by atoms with Crippen molar-refractivity contribution in [3.63, 3.8) is 0 Å². The van der Waals surface area contributed by atoms with Crippen LogP contribution in [0.3, 0.4) is 0 Å². The lowest BCUT2D eigenvalue weighted by Gasteiger charge is -2.30. The van der Waals surface area contributed by atoms with Crippen molar-refractivity contribution in [2.75, 3.05) is 23.7 Å². The Balaban J connectivity index is 1.70. The van der Waals surface area contributed by atoms with Crippen LogP contribution in [0, 0.1) is 0 Å². The predicted molar refractivity (Wildman–Crippen MR) is 113 cm³/mol. The third-order valence-electron chi connectivity index (χ3n) is 4.26. The number of halogens is 2. The topological polar surface area (TPSA) is 84.9 Å². The second-order valence-electron chi connectivity index (χ2n) is 6.61. The van der Waals surface area contributed by atoms with Gasteiger partial charge in [-0.3, -0.25) is 9.10 Å². The van der Waals surface area contributed by atoms with Crippen LogP contribution in [-0.2, 0) is 14.8 Å². The number of amides is 1. The SMILES string of the molecule is C[C@@H](C(=O)NC[C@H]1COc2ccccc2O1)N(c1cc(Cl)cc(Cl)c1)S(C)(=O)=O. The molecule has 2 atom stereocenters. The zero-order valence-corrected chi connectivity index (χ0v) is 18.1. The van der Waals surface area contributed by atoms with E-state index in [0.29, 0.717) is 11.5 Å². The van der Waals surface area contributed by atoms with Crippen LogP contribution >= 0.6 is 23.2 Å². The van der Waals surface area contributed by atoms with Crippen LogP contribution < -0.4 is 19.1 Å². The summed E-state index contributed by atoms with van der Waals surface area (Å²) < 4.78 is 37.1. The van der Waals surface area contributed by atoms with Gasteiger partial charge in [0.1, 0.15) is 18.8 Å². The highest BCUT2D eigenvalue weighted by molar-refractivity contribution is 7.92. The Labute approximate surface area is 179 Å². The normalized spacial score (nSPS) is 16.8. The van der Waals surface area contributed by atoms with Crippen molar-refractivity contribution in [1.29, 1.82) is 0 Å². The van der Waals surface area contributed by atoms with E-state index < -0.39 is 28.1 Å². The molecule has 10 heteroatoms. The molecule has 1 N–H and O–H groups in total. The smallest absolute Gasteiger partial charge is 0.243 e. The molecule has 29 heavy (non-hydrogen) atoms. The maximum atomic E-state index is 12.7. The van der Waals surface area contributed by atoms with Crippen molar-refractivity contribution in [3.05, 3.63) is 52.5 Å². The first kappa shape index (κ1) is 21.5. The van der Waals surface area contributed by atoms with Crippen molar-refractivity contribution in [3.8, 4) is 11.5 Å². The first-order valence-corrected chi connectivity index (χ1v) is 11.4. The molecule has 156 valence electrons. The number of hydrogen-bond donors (Lipinski definition) is 1. The molecular weight excluding hydrogens is 439 g/mol. The molecule has 0 unspecified atom stereocenters. The highest BCUT2D eigenvalue weighted by atomic mass is 35.5. The highest BCUT2D eigenvalue weighted by Crippen LogP contribution is 2.31. The molecular formula is C19H20Cl2N2O5S. The monoisotopic (exact) mass is 458 g/mol. The fourth-order valence-corrected chi connectivity index (χ4v) is 4.67. The first-order chi connectivity index (χ1) is 13.6. The van der Waals surface area contributed by atoms with Crippen LogP contribution in [0.5, 0.6) is 11.5 Å². The van der Waals surface area contributed by atoms with E-state index in [1.54, 1.807) is 12.1 Å². The summed E-state index contributed by atoms with van der Waals surface area (Å²) in [4.78, 5) is 12.7. The highest BCUT2D eigenvalue weighted by Gasteiger charge is 2.30. The van der Waals surface area contributed by atoms with Gasteiger partial charge in [0.2, 0.25) is 15.9 Å². The van der Waals surface area contributed by atoms with Crippen LogP contribution in [-0.4, -0.2) is 45.9 Å². The van der Waals surface area contributed by atoms with Gasteiger partial charge in [0.15, 0.2) is 11.5 Å². The van der Waals surface area contributed by atoms with Gasteiger partial charge < -0.3 is 14.8 Å². The summed E-state index contributed by atoms with van der Waals surface area (Å²) in [6.07, 6.45) is 0.619. The zero-order valence-electron chi connectivity index (χ0n) is 15.8. The van der Waals surface area contributed by atoms with E-state index in [2.05, 4.69) is 5.32 Å². The molecule has 7 nitrogen and oxygen atoms in total. The van der Waals surface area contributed by atoms with Crippen molar-refractivity contribution < 1.29 is 22.7 Å². The molecule has 2 aromatic carbocycles. The van der Waals surface area contributed by atoms with Gasteiger partial charge in [0.25, 0.3) is 0 Å². The number of rotatable bonds is 6. The number of sulfonamides is 1. The Kier molecular flexibility index (Phi) is 6.45. The number of para-hydroxylation sites is 2. The minimum atomic E-state index is -3.78. The third kappa shape index (κ3) is 5.26. The number of benzene rings is 2. The Morgan fingerprint density at radius 3 is 2.45 bits per heavy atom. The van der Waals surface area contributed by atoms with E-state index in [-0.39, 0.29) is 28.9 Å². The Morgan fingerprint density at radius 1 is 1.21 bits per heavy atom. The molecule has 0 spiro atoms. The van der Waals surface area contributed by atoms with Crippen LogP contribution in [0.15, 0.2) is 42.5 Å². The zero-order chi connectivity index (χ0) is 21.2. The molecule has 2 aromatic rings. The molecule has 0 saturated heterocycles. The Hall–Kier alpha value is -2.16. The standard InChI is InChI=1S/C19H20Cl2N2O5S/c1-12(23(29(2,25)26)15-8-13(20)7-14(21)9-15)19(24)22-10-16-11-27-17-5-3-4-6-18(17)28-16/h3-9,12,16H,10-11H2,1-2H3,(H,22,24)/t12-,16-/m0/s1. The van der Waals surface area contributed by atoms with E-state index >= 15 is 0 Å². The van der Waals surface area contributed by atoms with E-state index in [9.17, 15) is 13.2 Å². The average molecular weight is 459 g/mol. The summed E-state index contributed by atoms with van der Waals surface area (Å²) in [6, 6.07) is 10.6. The maximum Gasteiger partial charge on any atom is 0.243 e. The van der Waals surface area contributed by atoms with Gasteiger partial charge in [-0.15, -0.1) is 0 Å². The second kappa shape index (κ2) is 8.69. The number of nitrogens with one attached hydrogen (secondary N) is 1. The molecule has 3 rings (SSSR count). The Bertz CT molecular complexity index is 995. The molecule has 0 aliphatic carbocycles. The van der Waals surface area contributed by atoms with Crippen LogP contribution in [0.2, 0.25) is 10.0 Å². The van der Waals surface area contributed by atoms with E-state index in [1.807, 2.05) is 12.1 Å². The fourth-order valence-electron chi connectivity index (χ4n) is 3.00. The van der Waals surface area contributed by atoms with Gasteiger partial charge in [-0.2, -0.15) is 0 Å². The summed E-state index contributed by atoms with van der Waals surface area (Å²) in [5.41, 5.74) is 0.207. The third-order valence-corrected chi connectivity index (χ3v) is 5.94. The molecule has 0 saturated carbocycles. The summed E-state index contributed by atoms with van der Waals surface area (Å²) in [7, 11) is -3.78. The maximum absolute atomic E-state index is 12.7. The Morgan fingerprint density at radius 2 is 1.83 bits per heavy atom. The fraction of sp³-hybridized carbons (Fsp3) is 0.316. The lowest BCUT2D eigenvalue weighted by molar-refractivity contribution is -0.122. The van der Waals surface area contributed by atoms with Crippen molar-refractivity contribution in [2.45, 2.75) is 19.1 Å². The number of hydrogen-bond acceptors (Lipinski definition) is 5. The summed E-state index contributed by atoms with van der Waals surface area (Å²) in [6.45, 7) is 1.91. The van der Waals surface area contributed by atoms with Crippen molar-refractivity contribution in [2.24, 2.45) is 0 Å². The van der Waals surface area contributed by atoms with Crippen molar-refractivity contribution in [1.82, 2.24) is 5.32 Å². The van der Waals surface area contributed by atoms with E-state index in [0.717, 1.165) is 10.6 Å². The van der Waals surface area contributed by atoms with Gasteiger partial charge in [-0.05, 0) is 37.3 Å². The largest absolute Gasteiger partial charge is 0.486 e. The van der Waals surface area contributed by atoms with Crippen molar-refractivity contribution >= 4 is 44.8 Å². The van der Waals surface area contributed by atoms with Crippen LogP contribution in [0.4, 0.5) is 5.69 Å². The molecule has 1 aliphatic heterocycles. The lowest BCUT2D eigenvalue weighted by Crippen LogP contribution is -2.50. The summed E-state index contributed by atoms with van der Waals surface area (Å²) in [5.74, 6) is 0.746. The molecule has 1 heterocycles. The second-order valence-corrected chi connectivity index (χ2v) is 9.34. The quantitative estimate of drug-likeness (QED) is 0.718. The number of anilines is 1. The number of carbonyl (C=O) groups is 1. The molecule has 1 amide bonds. The summed E-state index contributed by atoms with van der Waals surface area (Å²) >= 11 is 12.0. The minimum Gasteiger partial charge on any atom is -0.486 e.